The molecule has 0 radical (unpaired) electrons. The molecule has 30 heavy (non-hydrogen) atoms. The molecule has 9 heteroatoms. The molecule has 0 saturated heterocycles. The van der Waals surface area contributed by atoms with Crippen LogP contribution >= 0.6 is 0 Å². The number of carbonyl (C=O) groups is 2. The summed E-state index contributed by atoms with van der Waals surface area (Å²) in [6.07, 6.45) is 2.97. The van der Waals surface area contributed by atoms with Gasteiger partial charge in [0.25, 0.3) is 0 Å². The van der Waals surface area contributed by atoms with Crippen molar-refractivity contribution in [2.45, 2.75) is 18.7 Å². The normalized spacial score (nSPS) is 11.5. The van der Waals surface area contributed by atoms with E-state index in [4.69, 9.17) is 0 Å². The first kappa shape index (κ1) is 23.1. The van der Waals surface area contributed by atoms with E-state index in [1.54, 1.807) is 56.3 Å². The van der Waals surface area contributed by atoms with Crippen molar-refractivity contribution >= 4 is 39.4 Å². The predicted octanol–water partition coefficient (Wildman–Crippen LogP) is 3.12. The standard InChI is InChI=1S/C21H26N4O4S/c1-4-25(5-2)30(28,29)19-13-6-16(7-14-19)8-15-20(26)23-17-9-11-18(12-10-17)24-21(27)22-3/h6-15H,4-5H2,1-3H3,(H,23,26)(H2,22,24,27)/b15-8+. The van der Waals surface area contributed by atoms with Gasteiger partial charge in [-0.25, -0.2) is 13.2 Å². The zero-order chi connectivity index (χ0) is 22.1. The van der Waals surface area contributed by atoms with Gasteiger partial charge in [-0.05, 0) is 48.0 Å². The maximum Gasteiger partial charge on any atom is 0.318 e. The van der Waals surface area contributed by atoms with E-state index in [9.17, 15) is 18.0 Å². The van der Waals surface area contributed by atoms with Crippen molar-refractivity contribution in [3.05, 3.63) is 60.2 Å². The van der Waals surface area contributed by atoms with Crippen LogP contribution in [0.3, 0.4) is 0 Å². The minimum absolute atomic E-state index is 0.221. The summed E-state index contributed by atoms with van der Waals surface area (Å²) < 4.78 is 26.4. The van der Waals surface area contributed by atoms with Crippen molar-refractivity contribution in [1.29, 1.82) is 0 Å². The van der Waals surface area contributed by atoms with Gasteiger partial charge in [0, 0.05) is 37.6 Å². The fourth-order valence-electron chi connectivity index (χ4n) is 2.65. The van der Waals surface area contributed by atoms with Crippen LogP contribution in [0.4, 0.5) is 16.2 Å². The molecule has 160 valence electrons. The summed E-state index contributed by atoms with van der Waals surface area (Å²) in [6, 6.07) is 12.7. The third kappa shape index (κ3) is 6.16. The molecular formula is C21H26N4O4S. The monoisotopic (exact) mass is 430 g/mol. The van der Waals surface area contributed by atoms with E-state index in [0.717, 1.165) is 0 Å². The van der Waals surface area contributed by atoms with Crippen LogP contribution in [0.15, 0.2) is 59.5 Å². The topological polar surface area (TPSA) is 108 Å². The summed E-state index contributed by atoms with van der Waals surface area (Å²) in [5.41, 5.74) is 1.88. The Balaban J connectivity index is 1.99. The van der Waals surface area contributed by atoms with Gasteiger partial charge in [0.2, 0.25) is 15.9 Å². The SMILES string of the molecule is CCN(CC)S(=O)(=O)c1ccc(/C=C/C(=O)Nc2ccc(NC(=O)NC)cc2)cc1. The zero-order valence-electron chi connectivity index (χ0n) is 17.2. The highest BCUT2D eigenvalue weighted by Gasteiger charge is 2.20. The summed E-state index contributed by atoms with van der Waals surface area (Å²) in [4.78, 5) is 23.6. The van der Waals surface area contributed by atoms with Gasteiger partial charge in [0.05, 0.1) is 4.90 Å². The van der Waals surface area contributed by atoms with Crippen LogP contribution < -0.4 is 16.0 Å². The second kappa shape index (κ2) is 10.6. The Morgan fingerprint density at radius 2 is 1.43 bits per heavy atom. The maximum absolute atomic E-state index is 12.5. The molecule has 0 aliphatic carbocycles. The van der Waals surface area contributed by atoms with Gasteiger partial charge in [-0.3, -0.25) is 4.79 Å². The number of nitrogens with zero attached hydrogens (tertiary/aromatic N) is 1. The molecule has 0 aliphatic heterocycles. The molecule has 3 N–H and O–H groups in total. The highest BCUT2D eigenvalue weighted by molar-refractivity contribution is 7.89. The Morgan fingerprint density at radius 3 is 1.93 bits per heavy atom. The van der Waals surface area contributed by atoms with Crippen LogP contribution in [0.25, 0.3) is 6.08 Å². The van der Waals surface area contributed by atoms with Crippen molar-refractivity contribution in [3.63, 3.8) is 0 Å². The lowest BCUT2D eigenvalue weighted by atomic mass is 10.2. The van der Waals surface area contributed by atoms with E-state index in [2.05, 4.69) is 16.0 Å². The third-order valence-corrected chi connectivity index (χ3v) is 6.35. The first-order chi connectivity index (χ1) is 14.3. The highest BCUT2D eigenvalue weighted by atomic mass is 32.2. The molecule has 0 heterocycles. The molecule has 0 unspecified atom stereocenters. The lowest BCUT2D eigenvalue weighted by Crippen LogP contribution is -2.30. The number of amides is 3. The van der Waals surface area contributed by atoms with Crippen LogP contribution in [-0.4, -0.2) is 44.8 Å². The second-order valence-corrected chi connectivity index (χ2v) is 8.20. The van der Waals surface area contributed by atoms with E-state index < -0.39 is 10.0 Å². The Labute approximate surface area is 177 Å². The Kier molecular flexibility index (Phi) is 8.14. The first-order valence-corrected chi connectivity index (χ1v) is 10.9. The van der Waals surface area contributed by atoms with Crippen molar-refractivity contribution in [1.82, 2.24) is 9.62 Å². The first-order valence-electron chi connectivity index (χ1n) is 9.48. The number of hydrogen-bond acceptors (Lipinski definition) is 4. The number of anilines is 2. The average molecular weight is 431 g/mol. The Hall–Kier alpha value is -3.17. The van der Waals surface area contributed by atoms with E-state index in [1.165, 1.54) is 29.6 Å². The van der Waals surface area contributed by atoms with Crippen molar-refractivity contribution < 1.29 is 18.0 Å². The number of benzene rings is 2. The summed E-state index contributed by atoms with van der Waals surface area (Å²) in [7, 11) is -1.98. The number of hydrogen-bond donors (Lipinski definition) is 3. The molecule has 0 spiro atoms. The molecule has 0 bridgehead atoms. The fourth-order valence-corrected chi connectivity index (χ4v) is 4.11. The largest absolute Gasteiger partial charge is 0.341 e. The summed E-state index contributed by atoms with van der Waals surface area (Å²) >= 11 is 0. The van der Waals surface area contributed by atoms with E-state index in [-0.39, 0.29) is 16.8 Å². The van der Waals surface area contributed by atoms with Gasteiger partial charge < -0.3 is 16.0 Å². The zero-order valence-corrected chi connectivity index (χ0v) is 18.0. The summed E-state index contributed by atoms with van der Waals surface area (Å²) in [5.74, 6) is -0.332. The van der Waals surface area contributed by atoms with Crippen molar-refractivity contribution in [2.24, 2.45) is 0 Å². The number of nitrogens with one attached hydrogen (secondary N) is 3. The second-order valence-electron chi connectivity index (χ2n) is 6.26. The smallest absolute Gasteiger partial charge is 0.318 e. The van der Waals surface area contributed by atoms with Crippen LogP contribution in [0, 0.1) is 0 Å². The molecule has 8 nitrogen and oxygen atoms in total. The number of carbonyl (C=O) groups excluding carboxylic acids is 2. The van der Waals surface area contributed by atoms with Gasteiger partial charge in [0.15, 0.2) is 0 Å². The fraction of sp³-hybridized carbons (Fsp3) is 0.238. The molecule has 3 amide bonds. The van der Waals surface area contributed by atoms with Gasteiger partial charge in [-0.15, -0.1) is 0 Å². The average Bonchev–Trinajstić information content (AvgIpc) is 2.74. The molecule has 0 saturated carbocycles. The van der Waals surface area contributed by atoms with Crippen LogP contribution in [0.1, 0.15) is 19.4 Å². The Morgan fingerprint density at radius 1 is 0.900 bits per heavy atom. The minimum atomic E-state index is -3.50. The Bertz CT molecular complexity index is 996. The van der Waals surface area contributed by atoms with E-state index in [0.29, 0.717) is 30.0 Å². The molecule has 0 atom stereocenters. The highest BCUT2D eigenvalue weighted by Crippen LogP contribution is 2.17. The number of urea groups is 1. The lowest BCUT2D eigenvalue weighted by molar-refractivity contribution is -0.111. The van der Waals surface area contributed by atoms with Crippen molar-refractivity contribution in [2.75, 3.05) is 30.8 Å². The molecule has 2 aromatic carbocycles. The summed E-state index contributed by atoms with van der Waals surface area (Å²) in [5, 5.41) is 7.79. The molecule has 0 fully saturated rings. The predicted molar refractivity (Wildman–Crippen MR) is 119 cm³/mol. The summed E-state index contributed by atoms with van der Waals surface area (Å²) in [6.45, 7) is 4.40. The molecule has 0 aromatic heterocycles. The lowest BCUT2D eigenvalue weighted by Gasteiger charge is -2.18. The molecule has 2 rings (SSSR count). The molecule has 2 aromatic rings. The van der Waals surface area contributed by atoms with Crippen LogP contribution in [0.5, 0.6) is 0 Å². The van der Waals surface area contributed by atoms with E-state index in [1.807, 2.05) is 0 Å². The van der Waals surface area contributed by atoms with Gasteiger partial charge in [0.1, 0.15) is 0 Å². The maximum atomic E-state index is 12.5. The van der Waals surface area contributed by atoms with Gasteiger partial charge >= 0.3 is 6.03 Å². The minimum Gasteiger partial charge on any atom is -0.341 e. The quantitative estimate of drug-likeness (QED) is 0.559. The molecule has 0 aliphatic rings. The van der Waals surface area contributed by atoms with Gasteiger partial charge in [-0.2, -0.15) is 4.31 Å². The van der Waals surface area contributed by atoms with E-state index >= 15 is 0 Å². The third-order valence-electron chi connectivity index (χ3n) is 4.29. The van der Waals surface area contributed by atoms with Crippen molar-refractivity contribution in [3.8, 4) is 0 Å². The molecular weight excluding hydrogens is 404 g/mol. The van der Waals surface area contributed by atoms with Crippen LogP contribution in [0.2, 0.25) is 0 Å². The van der Waals surface area contributed by atoms with Crippen LogP contribution in [-0.2, 0) is 14.8 Å². The van der Waals surface area contributed by atoms with Gasteiger partial charge in [-0.1, -0.05) is 26.0 Å². The number of rotatable bonds is 8. The number of sulfonamides is 1.